The van der Waals surface area contributed by atoms with Crippen molar-refractivity contribution >= 4 is 17.7 Å². The lowest BCUT2D eigenvalue weighted by molar-refractivity contribution is 0.0123. The normalized spacial score (nSPS) is 17.4. The van der Waals surface area contributed by atoms with Gasteiger partial charge in [0.15, 0.2) is 0 Å². The maximum Gasteiger partial charge on any atom is 0.410 e. The molecule has 0 spiro atoms. The van der Waals surface area contributed by atoms with Crippen molar-refractivity contribution in [2.75, 3.05) is 26.2 Å². The monoisotopic (exact) mass is 350 g/mol. The van der Waals surface area contributed by atoms with Crippen LogP contribution in [0.25, 0.3) is 0 Å². The van der Waals surface area contributed by atoms with E-state index in [1.807, 2.05) is 45.0 Å². The lowest BCUT2D eigenvalue weighted by Gasteiger charge is -2.38. The molecule has 1 fully saturated rings. The Balaban J connectivity index is 1.91. The molecule has 1 heterocycles. The Morgan fingerprint density at radius 3 is 2.46 bits per heavy atom. The molecular weight excluding hydrogens is 324 g/mol. The molecule has 1 aromatic rings. The highest BCUT2D eigenvalue weighted by atomic mass is 35.5. The van der Waals surface area contributed by atoms with Crippen molar-refractivity contribution in [2.24, 2.45) is 0 Å². The van der Waals surface area contributed by atoms with Crippen LogP contribution in [0.3, 0.4) is 0 Å². The van der Waals surface area contributed by atoms with Crippen LogP contribution in [0, 0.1) is 0 Å². The summed E-state index contributed by atoms with van der Waals surface area (Å²) in [6.45, 7) is 12.6. The van der Waals surface area contributed by atoms with E-state index in [0.717, 1.165) is 30.1 Å². The number of nitrogens with zero attached hydrogens (tertiary/aromatic N) is 2. The zero-order valence-electron chi connectivity index (χ0n) is 14.8. The minimum absolute atomic E-state index is 0.214. The standard InChI is InChI=1S/C19H27ClN2O2/c1-5-16(14-15-8-6-7-9-17(15)20)21-10-12-22(13-11-21)18(23)24-19(2,3)4/h5-9,16H,1,10-14H2,2-4H3. The summed E-state index contributed by atoms with van der Waals surface area (Å²) in [5.41, 5.74) is 0.667. The molecule has 1 saturated heterocycles. The molecule has 0 aliphatic carbocycles. The Bertz CT molecular complexity index is 575. The molecule has 2 rings (SSSR count). The number of rotatable bonds is 4. The van der Waals surface area contributed by atoms with Crippen molar-refractivity contribution in [3.8, 4) is 0 Å². The Hall–Kier alpha value is -1.52. The number of piperazine rings is 1. The molecule has 0 bridgehead atoms. The summed E-state index contributed by atoms with van der Waals surface area (Å²) in [7, 11) is 0. The third kappa shape index (κ3) is 5.25. The summed E-state index contributed by atoms with van der Waals surface area (Å²) < 4.78 is 5.44. The van der Waals surface area contributed by atoms with E-state index in [2.05, 4.69) is 17.5 Å². The number of halogens is 1. The molecule has 0 N–H and O–H groups in total. The zero-order valence-corrected chi connectivity index (χ0v) is 15.6. The van der Waals surface area contributed by atoms with Crippen LogP contribution in [-0.4, -0.2) is 53.7 Å². The summed E-state index contributed by atoms with van der Waals surface area (Å²) in [6.07, 6.45) is 2.56. The highest BCUT2D eigenvalue weighted by Gasteiger charge is 2.28. The van der Waals surface area contributed by atoms with Gasteiger partial charge in [0.2, 0.25) is 0 Å². The van der Waals surface area contributed by atoms with E-state index >= 15 is 0 Å². The second-order valence-corrected chi connectivity index (χ2v) is 7.51. The van der Waals surface area contributed by atoms with Crippen molar-refractivity contribution in [1.29, 1.82) is 0 Å². The van der Waals surface area contributed by atoms with Crippen LogP contribution in [0.4, 0.5) is 4.79 Å². The van der Waals surface area contributed by atoms with Gasteiger partial charge < -0.3 is 9.64 Å². The van der Waals surface area contributed by atoms with Gasteiger partial charge in [-0.1, -0.05) is 35.9 Å². The molecule has 24 heavy (non-hydrogen) atoms. The second-order valence-electron chi connectivity index (χ2n) is 7.10. The summed E-state index contributed by atoms with van der Waals surface area (Å²) in [4.78, 5) is 16.3. The fourth-order valence-corrected chi connectivity index (χ4v) is 3.03. The van der Waals surface area contributed by atoms with Gasteiger partial charge in [0.1, 0.15) is 5.60 Å². The smallest absolute Gasteiger partial charge is 0.410 e. The Labute approximate surface area is 150 Å². The Morgan fingerprint density at radius 2 is 1.92 bits per heavy atom. The fraction of sp³-hybridized carbons (Fsp3) is 0.526. The maximum atomic E-state index is 12.1. The molecule has 1 aliphatic rings. The van der Waals surface area contributed by atoms with Gasteiger partial charge in [-0.3, -0.25) is 4.90 Å². The summed E-state index contributed by atoms with van der Waals surface area (Å²) in [5.74, 6) is 0. The highest BCUT2D eigenvalue weighted by molar-refractivity contribution is 6.31. The van der Waals surface area contributed by atoms with Crippen molar-refractivity contribution in [3.63, 3.8) is 0 Å². The molecule has 0 aromatic heterocycles. The number of hydrogen-bond donors (Lipinski definition) is 0. The second kappa shape index (κ2) is 8.04. The van der Waals surface area contributed by atoms with Gasteiger partial charge in [0, 0.05) is 37.2 Å². The minimum Gasteiger partial charge on any atom is -0.444 e. The van der Waals surface area contributed by atoms with Crippen molar-refractivity contribution in [2.45, 2.75) is 38.8 Å². The number of hydrogen-bond acceptors (Lipinski definition) is 3. The van der Waals surface area contributed by atoms with Gasteiger partial charge in [0.25, 0.3) is 0 Å². The molecular formula is C19H27ClN2O2. The molecule has 0 saturated carbocycles. The topological polar surface area (TPSA) is 32.8 Å². The Kier molecular flexibility index (Phi) is 6.30. The van der Waals surface area contributed by atoms with Gasteiger partial charge in [-0.05, 0) is 38.8 Å². The molecule has 1 atom stereocenters. The highest BCUT2D eigenvalue weighted by Crippen LogP contribution is 2.20. The van der Waals surface area contributed by atoms with Crippen molar-refractivity contribution in [3.05, 3.63) is 47.5 Å². The van der Waals surface area contributed by atoms with Crippen LogP contribution < -0.4 is 0 Å². The molecule has 0 radical (unpaired) electrons. The van der Waals surface area contributed by atoms with E-state index < -0.39 is 5.60 Å². The summed E-state index contributed by atoms with van der Waals surface area (Å²) in [5, 5.41) is 0.789. The quantitative estimate of drug-likeness (QED) is 0.770. The van der Waals surface area contributed by atoms with Crippen LogP contribution in [-0.2, 0) is 11.2 Å². The third-order valence-electron chi connectivity index (χ3n) is 4.09. The first kappa shape index (κ1) is 18.8. The number of carbonyl (C=O) groups excluding carboxylic acids is 1. The molecule has 4 nitrogen and oxygen atoms in total. The lowest BCUT2D eigenvalue weighted by atomic mass is 10.0. The zero-order chi connectivity index (χ0) is 17.7. The number of amides is 1. The average molecular weight is 351 g/mol. The van der Waals surface area contributed by atoms with Gasteiger partial charge in [-0.2, -0.15) is 0 Å². The molecule has 1 aliphatic heterocycles. The van der Waals surface area contributed by atoms with Crippen LogP contribution in [0.2, 0.25) is 5.02 Å². The van der Waals surface area contributed by atoms with E-state index in [9.17, 15) is 4.79 Å². The van der Waals surface area contributed by atoms with Gasteiger partial charge in [-0.25, -0.2) is 4.79 Å². The number of ether oxygens (including phenoxy) is 1. The molecule has 1 aromatic carbocycles. The predicted octanol–water partition coefficient (Wildman–Crippen LogP) is 3.99. The Morgan fingerprint density at radius 1 is 1.29 bits per heavy atom. The largest absolute Gasteiger partial charge is 0.444 e. The van der Waals surface area contributed by atoms with Crippen LogP contribution >= 0.6 is 11.6 Å². The first-order valence-corrected chi connectivity index (χ1v) is 8.76. The van der Waals surface area contributed by atoms with Gasteiger partial charge in [-0.15, -0.1) is 6.58 Å². The predicted molar refractivity (Wildman–Crippen MR) is 98.5 cm³/mol. The van der Waals surface area contributed by atoms with Crippen molar-refractivity contribution in [1.82, 2.24) is 9.80 Å². The molecule has 5 heteroatoms. The summed E-state index contributed by atoms with van der Waals surface area (Å²) >= 11 is 6.27. The fourth-order valence-electron chi connectivity index (χ4n) is 2.81. The minimum atomic E-state index is -0.456. The first-order chi connectivity index (χ1) is 11.3. The van der Waals surface area contributed by atoms with E-state index in [1.54, 1.807) is 4.90 Å². The number of benzene rings is 1. The van der Waals surface area contributed by atoms with E-state index in [4.69, 9.17) is 16.3 Å². The third-order valence-corrected chi connectivity index (χ3v) is 4.46. The number of carbonyl (C=O) groups is 1. The van der Waals surface area contributed by atoms with Crippen LogP contribution in [0.5, 0.6) is 0 Å². The maximum absolute atomic E-state index is 12.1. The van der Waals surface area contributed by atoms with E-state index in [0.29, 0.717) is 13.1 Å². The first-order valence-electron chi connectivity index (χ1n) is 8.38. The molecule has 132 valence electrons. The van der Waals surface area contributed by atoms with E-state index in [1.165, 1.54) is 0 Å². The molecule has 1 amide bonds. The van der Waals surface area contributed by atoms with Gasteiger partial charge in [0.05, 0.1) is 0 Å². The SMILES string of the molecule is C=CC(Cc1ccccc1Cl)N1CCN(C(=O)OC(C)(C)C)CC1. The average Bonchev–Trinajstić information content (AvgIpc) is 2.53. The lowest BCUT2D eigenvalue weighted by Crippen LogP contribution is -2.52. The van der Waals surface area contributed by atoms with Crippen LogP contribution in [0.1, 0.15) is 26.3 Å². The van der Waals surface area contributed by atoms with Gasteiger partial charge >= 0.3 is 6.09 Å². The molecule has 1 unspecified atom stereocenters. The van der Waals surface area contributed by atoms with Crippen LogP contribution in [0.15, 0.2) is 36.9 Å². The summed E-state index contributed by atoms with van der Waals surface area (Å²) in [6, 6.07) is 8.12. The van der Waals surface area contributed by atoms with E-state index in [-0.39, 0.29) is 12.1 Å². The van der Waals surface area contributed by atoms with Crippen molar-refractivity contribution < 1.29 is 9.53 Å².